The molecule has 0 radical (unpaired) electrons. The lowest BCUT2D eigenvalue weighted by Gasteiger charge is -2.34. The second kappa shape index (κ2) is 11.8. The minimum atomic E-state index is -0.614. The average Bonchev–Trinajstić information content (AvgIpc) is 3.20. The summed E-state index contributed by atoms with van der Waals surface area (Å²) in [5, 5.41) is 12.6. The molecule has 8 heteroatoms. The van der Waals surface area contributed by atoms with Crippen LogP contribution in [-0.2, 0) is 16.0 Å². The van der Waals surface area contributed by atoms with Crippen LogP contribution in [0.1, 0.15) is 38.2 Å². The largest absolute Gasteiger partial charge is 0.505 e. The lowest BCUT2D eigenvalue weighted by Crippen LogP contribution is -2.47. The van der Waals surface area contributed by atoms with Gasteiger partial charge in [0.05, 0.1) is 25.4 Å². The number of aliphatic imine (C=N–C) groups is 1. The van der Waals surface area contributed by atoms with Crippen molar-refractivity contribution in [1.82, 2.24) is 10.2 Å². The normalized spacial score (nSPS) is 20.9. The van der Waals surface area contributed by atoms with Gasteiger partial charge in [0, 0.05) is 26.2 Å². The molecule has 3 rings (SSSR count). The van der Waals surface area contributed by atoms with E-state index < -0.39 is 5.82 Å². The number of ether oxygens (including phenoxy) is 2. The highest BCUT2D eigenvalue weighted by molar-refractivity contribution is 14.0. The van der Waals surface area contributed by atoms with Crippen molar-refractivity contribution in [1.29, 1.82) is 0 Å². The van der Waals surface area contributed by atoms with Crippen molar-refractivity contribution >= 4 is 29.9 Å². The number of phenolic OH excluding ortho intramolecular Hbond substituents is 1. The van der Waals surface area contributed by atoms with Crippen molar-refractivity contribution in [3.05, 3.63) is 29.6 Å². The Hall–Kier alpha value is -1.13. The minimum absolute atomic E-state index is 0. The number of guanidine groups is 1. The van der Waals surface area contributed by atoms with Gasteiger partial charge in [-0.1, -0.05) is 6.07 Å². The predicted octanol–water partition coefficient (Wildman–Crippen LogP) is 3.27. The molecule has 2 aliphatic heterocycles. The van der Waals surface area contributed by atoms with E-state index in [2.05, 4.69) is 15.2 Å². The zero-order valence-corrected chi connectivity index (χ0v) is 18.7. The zero-order chi connectivity index (χ0) is 19.1. The van der Waals surface area contributed by atoms with Crippen molar-refractivity contribution < 1.29 is 19.0 Å². The molecule has 2 fully saturated rings. The van der Waals surface area contributed by atoms with Gasteiger partial charge in [-0.3, -0.25) is 0 Å². The van der Waals surface area contributed by atoms with Crippen LogP contribution in [0.25, 0.3) is 0 Å². The molecule has 0 saturated carbocycles. The van der Waals surface area contributed by atoms with E-state index in [4.69, 9.17) is 9.47 Å². The molecule has 6 nitrogen and oxygen atoms in total. The van der Waals surface area contributed by atoms with Gasteiger partial charge < -0.3 is 24.8 Å². The molecule has 2 saturated heterocycles. The van der Waals surface area contributed by atoms with Gasteiger partial charge in [0.15, 0.2) is 17.5 Å². The first-order valence-corrected chi connectivity index (χ1v) is 9.89. The summed E-state index contributed by atoms with van der Waals surface area (Å²) in [5.74, 6) is -0.111. The fourth-order valence-electron chi connectivity index (χ4n) is 3.49. The molecule has 1 atom stereocenters. The van der Waals surface area contributed by atoms with Gasteiger partial charge in [-0.2, -0.15) is 0 Å². The number of rotatable bonds is 6. The topological polar surface area (TPSA) is 66.3 Å². The van der Waals surface area contributed by atoms with Crippen LogP contribution in [0, 0.1) is 5.82 Å². The van der Waals surface area contributed by atoms with Crippen LogP contribution in [0.15, 0.2) is 23.2 Å². The molecule has 0 aliphatic carbocycles. The second-order valence-electron chi connectivity index (χ2n) is 7.11. The van der Waals surface area contributed by atoms with Gasteiger partial charge >= 0.3 is 0 Å². The molecule has 2 heterocycles. The van der Waals surface area contributed by atoms with E-state index in [-0.39, 0.29) is 41.9 Å². The molecule has 1 aromatic carbocycles. The van der Waals surface area contributed by atoms with E-state index >= 15 is 0 Å². The summed E-state index contributed by atoms with van der Waals surface area (Å²) in [6, 6.07) is 4.38. The van der Waals surface area contributed by atoms with Crippen molar-refractivity contribution in [2.45, 2.75) is 51.4 Å². The van der Waals surface area contributed by atoms with Crippen LogP contribution in [0.2, 0.25) is 0 Å². The first kappa shape index (κ1) is 23.2. The maximum atomic E-state index is 13.5. The highest BCUT2D eigenvalue weighted by Gasteiger charge is 2.24. The highest BCUT2D eigenvalue weighted by atomic mass is 127. The monoisotopic (exact) mass is 507 g/mol. The summed E-state index contributed by atoms with van der Waals surface area (Å²) >= 11 is 0. The summed E-state index contributed by atoms with van der Waals surface area (Å²) in [6.07, 6.45) is 4.72. The van der Waals surface area contributed by atoms with E-state index in [0.717, 1.165) is 63.4 Å². The number of likely N-dealkylation sites (tertiary alicyclic amines) is 1. The molecule has 28 heavy (non-hydrogen) atoms. The Morgan fingerprint density at radius 1 is 1.36 bits per heavy atom. The summed E-state index contributed by atoms with van der Waals surface area (Å²) in [7, 11) is 0. The Bertz CT molecular complexity index is 633. The summed E-state index contributed by atoms with van der Waals surface area (Å²) < 4.78 is 25.1. The van der Waals surface area contributed by atoms with Crippen molar-refractivity contribution in [3.63, 3.8) is 0 Å². The molecule has 1 unspecified atom stereocenters. The van der Waals surface area contributed by atoms with Crippen LogP contribution < -0.4 is 5.32 Å². The number of hydrogen-bond donors (Lipinski definition) is 2. The van der Waals surface area contributed by atoms with Gasteiger partial charge in [0.2, 0.25) is 0 Å². The fourth-order valence-corrected chi connectivity index (χ4v) is 3.49. The highest BCUT2D eigenvalue weighted by Crippen LogP contribution is 2.19. The molecular weight excluding hydrogens is 476 g/mol. The molecule has 2 aliphatic rings. The van der Waals surface area contributed by atoms with Gasteiger partial charge in [-0.15, -0.1) is 24.0 Å². The second-order valence-corrected chi connectivity index (χ2v) is 7.11. The quantitative estimate of drug-likeness (QED) is 0.352. The van der Waals surface area contributed by atoms with Gasteiger partial charge in [-0.05, 0) is 50.3 Å². The summed E-state index contributed by atoms with van der Waals surface area (Å²) in [5.41, 5.74) is 0.732. The van der Waals surface area contributed by atoms with E-state index in [1.54, 1.807) is 6.07 Å². The number of benzene rings is 1. The van der Waals surface area contributed by atoms with Crippen molar-refractivity contribution in [3.8, 4) is 5.75 Å². The third kappa shape index (κ3) is 6.73. The molecule has 1 aromatic rings. The molecule has 0 amide bonds. The number of nitrogens with one attached hydrogen (secondary N) is 1. The molecule has 158 valence electrons. The number of aromatic hydroxyl groups is 1. The first-order chi connectivity index (χ1) is 13.2. The average molecular weight is 507 g/mol. The number of piperidine rings is 1. The van der Waals surface area contributed by atoms with Crippen LogP contribution in [0.3, 0.4) is 0 Å². The zero-order valence-electron chi connectivity index (χ0n) is 16.4. The van der Waals surface area contributed by atoms with Gasteiger partial charge in [0.1, 0.15) is 0 Å². The standard InChI is InChI=1S/C20H30FN3O3.HI/c1-2-22-20(23-13-15-5-6-19(25)18(21)12-15)24-9-7-16(8-10-24)27-14-17-4-3-11-26-17;/h5-6,12,16-17,25H,2-4,7-11,13-14H2,1H3,(H,22,23);1H. The van der Waals surface area contributed by atoms with Crippen LogP contribution >= 0.6 is 24.0 Å². The Balaban J connectivity index is 0.00000280. The van der Waals surface area contributed by atoms with Crippen molar-refractivity contribution in [2.24, 2.45) is 4.99 Å². The van der Waals surface area contributed by atoms with Crippen molar-refractivity contribution in [2.75, 3.05) is 32.8 Å². The number of hydrogen-bond acceptors (Lipinski definition) is 4. The maximum Gasteiger partial charge on any atom is 0.194 e. The molecule has 2 N–H and O–H groups in total. The fraction of sp³-hybridized carbons (Fsp3) is 0.650. The Morgan fingerprint density at radius 3 is 2.79 bits per heavy atom. The smallest absolute Gasteiger partial charge is 0.194 e. The Kier molecular flexibility index (Phi) is 9.73. The lowest BCUT2D eigenvalue weighted by atomic mass is 10.1. The first-order valence-electron chi connectivity index (χ1n) is 9.89. The Morgan fingerprint density at radius 2 is 2.14 bits per heavy atom. The molecular formula is C20H31FIN3O3. The molecule has 0 bridgehead atoms. The number of halogens is 2. The third-order valence-electron chi connectivity index (χ3n) is 5.04. The SMILES string of the molecule is CCNC(=NCc1ccc(O)c(F)c1)N1CCC(OCC2CCCO2)CC1.I. The lowest BCUT2D eigenvalue weighted by molar-refractivity contribution is -0.0367. The summed E-state index contributed by atoms with van der Waals surface area (Å²) in [4.78, 5) is 6.86. The predicted molar refractivity (Wildman–Crippen MR) is 118 cm³/mol. The summed E-state index contributed by atoms with van der Waals surface area (Å²) in [6.45, 7) is 6.50. The van der Waals surface area contributed by atoms with Crippen LogP contribution in [0.5, 0.6) is 5.75 Å². The number of nitrogens with zero attached hydrogens (tertiary/aromatic N) is 2. The van der Waals surface area contributed by atoms with E-state index in [1.807, 2.05) is 6.92 Å². The van der Waals surface area contributed by atoms with Crippen LogP contribution in [0.4, 0.5) is 4.39 Å². The van der Waals surface area contributed by atoms with Crippen LogP contribution in [-0.4, -0.2) is 61.0 Å². The van der Waals surface area contributed by atoms with E-state index in [1.165, 1.54) is 12.1 Å². The number of phenols is 1. The van der Waals surface area contributed by atoms with E-state index in [9.17, 15) is 9.50 Å². The van der Waals surface area contributed by atoms with Gasteiger partial charge in [-0.25, -0.2) is 9.38 Å². The molecule has 0 aromatic heterocycles. The third-order valence-corrected chi connectivity index (χ3v) is 5.04. The minimum Gasteiger partial charge on any atom is -0.505 e. The maximum absolute atomic E-state index is 13.5. The van der Waals surface area contributed by atoms with E-state index in [0.29, 0.717) is 13.2 Å². The Labute approximate surface area is 183 Å². The molecule has 0 spiro atoms. The van der Waals surface area contributed by atoms with Gasteiger partial charge in [0.25, 0.3) is 0 Å².